The summed E-state index contributed by atoms with van der Waals surface area (Å²) < 4.78 is 0. The highest BCUT2D eigenvalue weighted by atomic mass is 35.5. The van der Waals surface area contributed by atoms with E-state index in [-0.39, 0.29) is 21.9 Å². The van der Waals surface area contributed by atoms with Gasteiger partial charge in [0, 0.05) is 6.20 Å². The topological polar surface area (TPSA) is 70.7 Å². The molecule has 0 spiro atoms. The number of rotatable bonds is 2. The molecule has 82 valence electrons. The van der Waals surface area contributed by atoms with Crippen LogP contribution in [0.15, 0.2) is 24.7 Å². The second kappa shape index (κ2) is 4.51. The van der Waals surface area contributed by atoms with Crippen LogP contribution in [0.5, 0.6) is 0 Å². The fourth-order valence-electron chi connectivity index (χ4n) is 1.10. The van der Waals surface area contributed by atoms with Gasteiger partial charge in [-0.3, -0.25) is 4.79 Å². The van der Waals surface area contributed by atoms with Gasteiger partial charge in [-0.15, -0.1) is 0 Å². The SMILES string of the molecule is O=C(Nc1c(Cl)ncnc1Cl)c1ccc[nH]1. The summed E-state index contributed by atoms with van der Waals surface area (Å²) in [5.41, 5.74) is 0.599. The molecule has 0 aromatic carbocycles. The van der Waals surface area contributed by atoms with E-state index in [1.165, 1.54) is 6.33 Å². The maximum absolute atomic E-state index is 11.7. The monoisotopic (exact) mass is 256 g/mol. The first kappa shape index (κ1) is 10.9. The summed E-state index contributed by atoms with van der Waals surface area (Å²) in [7, 11) is 0. The molecule has 0 atom stereocenters. The number of hydrogen-bond donors (Lipinski definition) is 2. The fourth-order valence-corrected chi connectivity index (χ4v) is 1.51. The Morgan fingerprint density at radius 3 is 2.56 bits per heavy atom. The fraction of sp³-hybridized carbons (Fsp3) is 0. The number of hydrogen-bond acceptors (Lipinski definition) is 3. The summed E-state index contributed by atoms with van der Waals surface area (Å²) >= 11 is 11.5. The predicted molar refractivity (Wildman–Crippen MR) is 60.8 cm³/mol. The molecular formula is C9H6Cl2N4O. The summed E-state index contributed by atoms with van der Waals surface area (Å²) in [6, 6.07) is 3.33. The van der Waals surface area contributed by atoms with Crippen LogP contribution in [-0.2, 0) is 0 Å². The van der Waals surface area contributed by atoms with E-state index in [4.69, 9.17) is 23.2 Å². The van der Waals surface area contributed by atoms with Crippen LogP contribution in [0.1, 0.15) is 10.5 Å². The number of carbonyl (C=O) groups excluding carboxylic acids is 1. The number of nitrogens with zero attached hydrogens (tertiary/aromatic N) is 2. The quantitative estimate of drug-likeness (QED) is 0.811. The van der Waals surface area contributed by atoms with Gasteiger partial charge in [0.05, 0.1) is 0 Å². The van der Waals surface area contributed by atoms with Gasteiger partial charge in [-0.05, 0) is 12.1 Å². The Balaban J connectivity index is 2.25. The second-order valence-electron chi connectivity index (χ2n) is 2.87. The van der Waals surface area contributed by atoms with Crippen LogP contribution in [0.3, 0.4) is 0 Å². The molecule has 0 aliphatic rings. The third-order valence-electron chi connectivity index (χ3n) is 1.84. The molecule has 0 fully saturated rings. The molecule has 0 aliphatic heterocycles. The highest BCUT2D eigenvalue weighted by molar-refractivity contribution is 6.38. The Morgan fingerprint density at radius 2 is 2.00 bits per heavy atom. The number of amides is 1. The average molecular weight is 257 g/mol. The van der Waals surface area contributed by atoms with Crippen LogP contribution in [0.4, 0.5) is 5.69 Å². The molecule has 0 saturated heterocycles. The highest BCUT2D eigenvalue weighted by Crippen LogP contribution is 2.25. The maximum atomic E-state index is 11.7. The Morgan fingerprint density at radius 1 is 1.31 bits per heavy atom. The van der Waals surface area contributed by atoms with Gasteiger partial charge in [0.25, 0.3) is 5.91 Å². The summed E-state index contributed by atoms with van der Waals surface area (Å²) in [5.74, 6) is -0.358. The van der Waals surface area contributed by atoms with E-state index in [0.29, 0.717) is 5.69 Å². The summed E-state index contributed by atoms with van der Waals surface area (Å²) in [6.45, 7) is 0. The Kier molecular flexibility index (Phi) is 3.07. The molecule has 0 saturated carbocycles. The maximum Gasteiger partial charge on any atom is 0.272 e. The van der Waals surface area contributed by atoms with Crippen molar-refractivity contribution in [3.8, 4) is 0 Å². The van der Waals surface area contributed by atoms with Crippen LogP contribution >= 0.6 is 23.2 Å². The lowest BCUT2D eigenvalue weighted by Gasteiger charge is -2.06. The molecule has 5 nitrogen and oxygen atoms in total. The number of H-pyrrole nitrogens is 1. The van der Waals surface area contributed by atoms with Crippen molar-refractivity contribution in [3.63, 3.8) is 0 Å². The third-order valence-corrected chi connectivity index (χ3v) is 2.41. The standard InChI is InChI=1S/C9H6Cl2N4O/c10-7-6(8(11)14-4-13-7)15-9(16)5-2-1-3-12-5/h1-4,12H,(H,15,16). The lowest BCUT2D eigenvalue weighted by molar-refractivity contribution is 0.102. The van der Waals surface area contributed by atoms with Crippen molar-refractivity contribution in [2.75, 3.05) is 5.32 Å². The first-order chi connectivity index (χ1) is 7.68. The largest absolute Gasteiger partial charge is 0.357 e. The normalized spacial score (nSPS) is 10.1. The molecule has 2 rings (SSSR count). The van der Waals surface area contributed by atoms with E-state index >= 15 is 0 Å². The first-order valence-corrected chi connectivity index (χ1v) is 5.05. The lowest BCUT2D eigenvalue weighted by Crippen LogP contribution is -2.13. The van der Waals surface area contributed by atoms with Gasteiger partial charge < -0.3 is 10.3 Å². The van der Waals surface area contributed by atoms with Gasteiger partial charge in [-0.2, -0.15) is 0 Å². The van der Waals surface area contributed by atoms with Gasteiger partial charge >= 0.3 is 0 Å². The van der Waals surface area contributed by atoms with Crippen molar-refractivity contribution in [1.29, 1.82) is 0 Å². The number of anilines is 1. The molecule has 0 radical (unpaired) electrons. The van der Waals surface area contributed by atoms with E-state index in [1.54, 1.807) is 18.3 Å². The smallest absolute Gasteiger partial charge is 0.272 e. The van der Waals surface area contributed by atoms with Crippen LogP contribution in [0.2, 0.25) is 10.3 Å². The van der Waals surface area contributed by atoms with Gasteiger partial charge in [-0.25, -0.2) is 9.97 Å². The summed E-state index contributed by atoms with van der Waals surface area (Å²) in [4.78, 5) is 21.9. The van der Waals surface area contributed by atoms with E-state index in [2.05, 4.69) is 20.3 Å². The number of nitrogens with one attached hydrogen (secondary N) is 2. The van der Waals surface area contributed by atoms with Crippen LogP contribution < -0.4 is 5.32 Å². The number of aromatic amines is 1. The Bertz CT molecular complexity index is 492. The van der Waals surface area contributed by atoms with Crippen LogP contribution in [-0.4, -0.2) is 20.9 Å². The van der Waals surface area contributed by atoms with Crippen molar-refractivity contribution in [1.82, 2.24) is 15.0 Å². The predicted octanol–water partition coefficient (Wildman–Crippen LogP) is 2.36. The molecule has 0 aliphatic carbocycles. The molecule has 16 heavy (non-hydrogen) atoms. The zero-order valence-electron chi connectivity index (χ0n) is 7.87. The molecular weight excluding hydrogens is 251 g/mol. The lowest BCUT2D eigenvalue weighted by atomic mass is 10.4. The minimum Gasteiger partial charge on any atom is -0.357 e. The molecule has 1 amide bonds. The van der Waals surface area contributed by atoms with Crippen molar-refractivity contribution in [2.45, 2.75) is 0 Å². The minimum atomic E-state index is -0.358. The summed E-state index contributed by atoms with van der Waals surface area (Å²) in [6.07, 6.45) is 2.86. The minimum absolute atomic E-state index is 0.0971. The van der Waals surface area contributed by atoms with Gasteiger partial charge in [0.2, 0.25) is 0 Å². The Labute approximate surface area is 101 Å². The first-order valence-electron chi connectivity index (χ1n) is 4.29. The van der Waals surface area contributed by atoms with Crippen LogP contribution in [0, 0.1) is 0 Å². The molecule has 2 aromatic rings. The molecule has 2 N–H and O–H groups in total. The summed E-state index contributed by atoms with van der Waals surface area (Å²) in [5, 5.41) is 2.72. The van der Waals surface area contributed by atoms with Crippen molar-refractivity contribution in [3.05, 3.63) is 40.7 Å². The highest BCUT2D eigenvalue weighted by Gasteiger charge is 2.13. The van der Waals surface area contributed by atoms with Crippen molar-refractivity contribution < 1.29 is 4.79 Å². The molecule has 2 heterocycles. The van der Waals surface area contributed by atoms with E-state index in [1.807, 2.05) is 0 Å². The third kappa shape index (κ3) is 2.15. The number of aromatic nitrogens is 3. The molecule has 0 unspecified atom stereocenters. The average Bonchev–Trinajstić information content (AvgIpc) is 2.76. The van der Waals surface area contributed by atoms with Crippen molar-refractivity contribution in [2.24, 2.45) is 0 Å². The second-order valence-corrected chi connectivity index (χ2v) is 3.58. The molecule has 2 aromatic heterocycles. The van der Waals surface area contributed by atoms with Crippen molar-refractivity contribution >= 4 is 34.8 Å². The van der Waals surface area contributed by atoms with E-state index < -0.39 is 0 Å². The van der Waals surface area contributed by atoms with Gasteiger partial charge in [-0.1, -0.05) is 23.2 Å². The number of carbonyl (C=O) groups is 1. The molecule has 7 heteroatoms. The van der Waals surface area contributed by atoms with Gasteiger partial charge in [0.15, 0.2) is 10.3 Å². The van der Waals surface area contributed by atoms with E-state index in [9.17, 15) is 4.79 Å². The zero-order chi connectivity index (χ0) is 11.5. The molecule has 0 bridgehead atoms. The van der Waals surface area contributed by atoms with E-state index in [0.717, 1.165) is 0 Å². The number of halogens is 2. The van der Waals surface area contributed by atoms with Gasteiger partial charge in [0.1, 0.15) is 17.7 Å². The van der Waals surface area contributed by atoms with Crippen LogP contribution in [0.25, 0.3) is 0 Å². The Hall–Kier alpha value is -1.59. The zero-order valence-corrected chi connectivity index (χ0v) is 9.38.